The molecule has 1 aliphatic heterocycles. The molecule has 0 saturated carbocycles. The highest BCUT2D eigenvalue weighted by atomic mass is 32.2. The lowest BCUT2D eigenvalue weighted by Crippen LogP contribution is -2.29. The zero-order valence-corrected chi connectivity index (χ0v) is 13.7. The number of thioether (sulfide) groups is 1. The van der Waals surface area contributed by atoms with Gasteiger partial charge in [-0.15, -0.1) is 0 Å². The fourth-order valence-corrected chi connectivity index (χ4v) is 4.67. The first-order valence-electron chi connectivity index (χ1n) is 7.04. The summed E-state index contributed by atoms with van der Waals surface area (Å²) in [5.41, 5.74) is 0.481. The highest BCUT2D eigenvalue weighted by molar-refractivity contribution is 8.00. The van der Waals surface area contributed by atoms with Gasteiger partial charge in [0.2, 0.25) is 10.0 Å². The van der Waals surface area contributed by atoms with Crippen LogP contribution in [0.5, 0.6) is 5.75 Å². The molecule has 0 aromatic heterocycles. The first kappa shape index (κ1) is 16.6. The lowest BCUT2D eigenvalue weighted by Gasteiger charge is -2.13. The lowest BCUT2D eigenvalue weighted by atomic mass is 10.2. The Kier molecular flexibility index (Phi) is 5.92. The van der Waals surface area contributed by atoms with Crippen LogP contribution in [0.25, 0.3) is 0 Å². The molecule has 1 aliphatic rings. The molecule has 7 heteroatoms. The van der Waals surface area contributed by atoms with Gasteiger partial charge in [0.1, 0.15) is 5.75 Å². The van der Waals surface area contributed by atoms with Gasteiger partial charge in [-0.05, 0) is 43.7 Å². The summed E-state index contributed by atoms with van der Waals surface area (Å²) in [6.07, 6.45) is 2.20. The van der Waals surface area contributed by atoms with Crippen molar-refractivity contribution in [2.75, 3.05) is 18.9 Å². The quantitative estimate of drug-likeness (QED) is 0.796. The maximum Gasteiger partial charge on any atom is 0.240 e. The van der Waals surface area contributed by atoms with Crippen molar-refractivity contribution in [3.8, 4) is 5.75 Å². The van der Waals surface area contributed by atoms with Crippen LogP contribution in [0.15, 0.2) is 23.1 Å². The van der Waals surface area contributed by atoms with Gasteiger partial charge in [-0.2, -0.15) is 11.8 Å². The molecule has 0 radical (unpaired) electrons. The third-order valence-electron chi connectivity index (χ3n) is 3.34. The second kappa shape index (κ2) is 7.49. The molecule has 0 amide bonds. The first-order valence-corrected chi connectivity index (χ1v) is 9.58. The predicted octanol–water partition coefficient (Wildman–Crippen LogP) is 1.75. The molecule has 2 rings (SSSR count). The van der Waals surface area contributed by atoms with Gasteiger partial charge < -0.3 is 9.84 Å². The van der Waals surface area contributed by atoms with E-state index in [1.807, 2.05) is 18.7 Å². The number of ether oxygens (including phenoxy) is 1. The van der Waals surface area contributed by atoms with Crippen LogP contribution in [-0.2, 0) is 16.6 Å². The summed E-state index contributed by atoms with van der Waals surface area (Å²) in [6.45, 7) is 2.51. The van der Waals surface area contributed by atoms with E-state index in [2.05, 4.69) is 4.72 Å². The maximum absolute atomic E-state index is 12.3. The Balaban J connectivity index is 2.11. The second-order valence-corrected chi connectivity index (χ2v) is 8.02. The molecule has 1 aromatic rings. The molecule has 118 valence electrons. The van der Waals surface area contributed by atoms with Gasteiger partial charge in [-0.25, -0.2) is 13.1 Å². The number of nitrogens with one attached hydrogen (secondary N) is 1. The van der Waals surface area contributed by atoms with Gasteiger partial charge in [-0.1, -0.05) is 0 Å². The van der Waals surface area contributed by atoms with Gasteiger partial charge in [0.05, 0.1) is 18.1 Å². The fraction of sp³-hybridized carbons (Fsp3) is 0.571. The van der Waals surface area contributed by atoms with Gasteiger partial charge >= 0.3 is 0 Å². The number of rotatable bonds is 7. The number of aliphatic hydroxyl groups is 1. The zero-order valence-electron chi connectivity index (χ0n) is 12.0. The molecule has 5 nitrogen and oxygen atoms in total. The van der Waals surface area contributed by atoms with Crippen molar-refractivity contribution < 1.29 is 18.3 Å². The Morgan fingerprint density at radius 3 is 2.90 bits per heavy atom. The van der Waals surface area contributed by atoms with Gasteiger partial charge in [0.15, 0.2) is 0 Å². The minimum absolute atomic E-state index is 0.165. The van der Waals surface area contributed by atoms with Crippen molar-refractivity contribution in [1.29, 1.82) is 0 Å². The lowest BCUT2D eigenvalue weighted by molar-refractivity contribution is 0.266. The molecular formula is C14H21NO4S2. The predicted molar refractivity (Wildman–Crippen MR) is 84.2 cm³/mol. The number of sulfonamides is 1. The van der Waals surface area contributed by atoms with Crippen molar-refractivity contribution in [1.82, 2.24) is 4.72 Å². The van der Waals surface area contributed by atoms with E-state index in [-0.39, 0.29) is 11.5 Å². The summed E-state index contributed by atoms with van der Waals surface area (Å²) < 4.78 is 32.6. The molecule has 1 aromatic carbocycles. The van der Waals surface area contributed by atoms with E-state index >= 15 is 0 Å². The molecule has 1 saturated heterocycles. The van der Waals surface area contributed by atoms with E-state index in [0.717, 1.165) is 18.6 Å². The van der Waals surface area contributed by atoms with Gasteiger partial charge in [-0.3, -0.25) is 0 Å². The highest BCUT2D eigenvalue weighted by Gasteiger charge is 2.21. The zero-order chi connectivity index (χ0) is 15.3. The Labute approximate surface area is 130 Å². The third-order valence-corrected chi connectivity index (χ3v) is 6.16. The topological polar surface area (TPSA) is 75.6 Å². The van der Waals surface area contributed by atoms with E-state index in [9.17, 15) is 13.5 Å². The number of aliphatic hydroxyl groups excluding tert-OH is 1. The molecule has 0 bridgehead atoms. The molecule has 2 N–H and O–H groups in total. The smallest absolute Gasteiger partial charge is 0.240 e. The largest absolute Gasteiger partial charge is 0.494 e. The summed E-state index contributed by atoms with van der Waals surface area (Å²) in [5.74, 6) is 1.62. The summed E-state index contributed by atoms with van der Waals surface area (Å²) in [6, 6.07) is 4.57. The number of benzene rings is 1. The summed E-state index contributed by atoms with van der Waals surface area (Å²) in [7, 11) is -3.54. The molecule has 1 unspecified atom stereocenters. The second-order valence-electron chi connectivity index (χ2n) is 4.85. The van der Waals surface area contributed by atoms with Crippen LogP contribution in [0.2, 0.25) is 0 Å². The average molecular weight is 331 g/mol. The normalized spacial score (nSPS) is 18.9. The monoisotopic (exact) mass is 331 g/mol. The number of hydrogen-bond acceptors (Lipinski definition) is 5. The highest BCUT2D eigenvalue weighted by Crippen LogP contribution is 2.26. The maximum atomic E-state index is 12.3. The fourth-order valence-electron chi connectivity index (χ4n) is 2.23. The van der Waals surface area contributed by atoms with Crippen molar-refractivity contribution in [2.24, 2.45) is 0 Å². The standard InChI is InChI=1S/C14H21NO4S2/c1-2-19-14-6-5-13(8-11(14)10-16)21(17,18)15-9-12-4-3-7-20-12/h5-6,8,12,15-16H,2-4,7,9-10H2,1H3. The molecule has 0 spiro atoms. The van der Waals surface area contributed by atoms with Gasteiger partial charge in [0, 0.05) is 17.4 Å². The summed E-state index contributed by atoms with van der Waals surface area (Å²) in [4.78, 5) is 0.165. The van der Waals surface area contributed by atoms with E-state index in [0.29, 0.717) is 29.7 Å². The first-order chi connectivity index (χ1) is 10.1. The average Bonchev–Trinajstić information content (AvgIpc) is 2.99. The van der Waals surface area contributed by atoms with Crippen LogP contribution in [0.4, 0.5) is 0 Å². The summed E-state index contributed by atoms with van der Waals surface area (Å²) in [5, 5.41) is 9.70. The Morgan fingerprint density at radius 1 is 1.48 bits per heavy atom. The van der Waals surface area contributed by atoms with Crippen LogP contribution < -0.4 is 9.46 Å². The molecule has 1 atom stereocenters. The third kappa shape index (κ3) is 4.35. The van der Waals surface area contributed by atoms with Crippen molar-refractivity contribution >= 4 is 21.8 Å². The minimum atomic E-state index is -3.54. The Bertz CT molecular complexity index is 568. The molecular weight excluding hydrogens is 310 g/mol. The molecule has 1 heterocycles. The van der Waals surface area contributed by atoms with E-state index in [1.165, 1.54) is 12.1 Å². The van der Waals surface area contributed by atoms with Crippen molar-refractivity contribution in [2.45, 2.75) is 36.5 Å². The van der Waals surface area contributed by atoms with Crippen molar-refractivity contribution in [3.63, 3.8) is 0 Å². The SMILES string of the molecule is CCOc1ccc(S(=O)(=O)NCC2CCCS2)cc1CO. The van der Waals surface area contributed by atoms with E-state index in [4.69, 9.17) is 4.74 Å². The van der Waals surface area contributed by atoms with E-state index in [1.54, 1.807) is 6.07 Å². The van der Waals surface area contributed by atoms with Gasteiger partial charge in [0.25, 0.3) is 0 Å². The van der Waals surface area contributed by atoms with Crippen molar-refractivity contribution in [3.05, 3.63) is 23.8 Å². The summed E-state index contributed by atoms with van der Waals surface area (Å²) >= 11 is 1.81. The minimum Gasteiger partial charge on any atom is -0.494 e. The van der Waals surface area contributed by atoms with Crippen LogP contribution in [-0.4, -0.2) is 37.7 Å². The van der Waals surface area contributed by atoms with E-state index < -0.39 is 10.0 Å². The van der Waals surface area contributed by atoms with Crippen LogP contribution in [0, 0.1) is 0 Å². The molecule has 1 fully saturated rings. The molecule has 0 aliphatic carbocycles. The Morgan fingerprint density at radius 2 is 2.29 bits per heavy atom. The van der Waals surface area contributed by atoms with Crippen LogP contribution in [0.3, 0.4) is 0 Å². The van der Waals surface area contributed by atoms with Crippen LogP contribution >= 0.6 is 11.8 Å². The Hall–Kier alpha value is -0.760. The molecule has 21 heavy (non-hydrogen) atoms. The number of hydrogen-bond donors (Lipinski definition) is 2. The van der Waals surface area contributed by atoms with Crippen LogP contribution in [0.1, 0.15) is 25.3 Å².